The van der Waals surface area contributed by atoms with Crippen molar-refractivity contribution in [3.05, 3.63) is 23.8 Å². The minimum absolute atomic E-state index is 0.191. The van der Waals surface area contributed by atoms with Gasteiger partial charge in [0.15, 0.2) is 9.84 Å². The molecule has 0 radical (unpaired) electrons. The van der Waals surface area contributed by atoms with Crippen LogP contribution in [-0.4, -0.2) is 25.7 Å². The molecule has 0 heterocycles. The summed E-state index contributed by atoms with van der Waals surface area (Å²) in [4.78, 5) is 0.401. The van der Waals surface area contributed by atoms with Crippen LogP contribution >= 0.6 is 11.8 Å². The third kappa shape index (κ3) is 3.42. The van der Waals surface area contributed by atoms with Gasteiger partial charge in [0, 0.05) is 11.4 Å². The van der Waals surface area contributed by atoms with Crippen LogP contribution < -0.4 is 5.73 Å². The number of nitrogen functional groups attached to an aromatic ring is 1. The number of aryl methyl sites for hydroxylation is 1. The molecule has 0 spiro atoms. The summed E-state index contributed by atoms with van der Waals surface area (Å²) < 4.78 is 24.0. The first-order chi connectivity index (χ1) is 7.47. The average Bonchev–Trinajstić information content (AvgIpc) is 2.17. The molecule has 0 saturated heterocycles. The van der Waals surface area contributed by atoms with E-state index >= 15 is 0 Å². The molecule has 3 nitrogen and oxygen atoms in total. The van der Waals surface area contributed by atoms with Crippen molar-refractivity contribution in [1.82, 2.24) is 0 Å². The van der Waals surface area contributed by atoms with Gasteiger partial charge in [-0.2, -0.15) is 11.8 Å². The Labute approximate surface area is 101 Å². The molecular formula is C11H17NO2S2. The molecule has 0 saturated carbocycles. The first-order valence-electron chi connectivity index (χ1n) is 5.14. The van der Waals surface area contributed by atoms with Crippen LogP contribution in [0.15, 0.2) is 23.1 Å². The second-order valence-electron chi connectivity index (χ2n) is 3.54. The fourth-order valence-corrected chi connectivity index (χ4v) is 4.13. The van der Waals surface area contributed by atoms with Crippen molar-refractivity contribution < 1.29 is 8.42 Å². The average molecular weight is 259 g/mol. The van der Waals surface area contributed by atoms with Crippen LogP contribution in [0.2, 0.25) is 0 Å². The van der Waals surface area contributed by atoms with Gasteiger partial charge in [0.2, 0.25) is 0 Å². The van der Waals surface area contributed by atoms with E-state index in [1.807, 2.05) is 6.92 Å². The van der Waals surface area contributed by atoms with Crippen molar-refractivity contribution in [2.75, 3.05) is 23.0 Å². The lowest BCUT2D eigenvalue weighted by molar-refractivity contribution is 0.597. The molecule has 0 aliphatic heterocycles. The molecule has 0 aliphatic carbocycles. The second kappa shape index (κ2) is 5.59. The standard InChI is InChI=1S/C11H17NO2S2/c1-3-15-6-7-16(13,14)11-5-4-10(12)8-9(11)2/h4-5,8H,3,6-7,12H2,1-2H3. The first kappa shape index (κ1) is 13.4. The van der Waals surface area contributed by atoms with Crippen molar-refractivity contribution in [1.29, 1.82) is 0 Å². The highest BCUT2D eigenvalue weighted by atomic mass is 32.2. The number of sulfone groups is 1. The minimum atomic E-state index is -3.16. The quantitative estimate of drug-likeness (QED) is 0.650. The fraction of sp³-hybridized carbons (Fsp3) is 0.455. The largest absolute Gasteiger partial charge is 0.399 e. The smallest absolute Gasteiger partial charge is 0.179 e. The predicted molar refractivity (Wildman–Crippen MR) is 70.6 cm³/mol. The van der Waals surface area contributed by atoms with Crippen LogP contribution in [0.5, 0.6) is 0 Å². The van der Waals surface area contributed by atoms with Crippen molar-refractivity contribution in [2.45, 2.75) is 18.7 Å². The van der Waals surface area contributed by atoms with Crippen molar-refractivity contribution in [2.24, 2.45) is 0 Å². The SMILES string of the molecule is CCSCCS(=O)(=O)c1ccc(N)cc1C. The maximum atomic E-state index is 12.0. The van der Waals surface area contributed by atoms with Gasteiger partial charge < -0.3 is 5.73 Å². The zero-order chi connectivity index (χ0) is 12.2. The van der Waals surface area contributed by atoms with E-state index in [4.69, 9.17) is 5.73 Å². The summed E-state index contributed by atoms with van der Waals surface area (Å²) in [7, 11) is -3.16. The van der Waals surface area contributed by atoms with Crippen LogP contribution in [-0.2, 0) is 9.84 Å². The molecule has 0 fully saturated rings. The molecule has 0 amide bonds. The molecule has 0 aromatic heterocycles. The van der Waals surface area contributed by atoms with E-state index in [-0.39, 0.29) is 5.75 Å². The molecule has 1 rings (SSSR count). The van der Waals surface area contributed by atoms with E-state index in [1.165, 1.54) is 0 Å². The Morgan fingerprint density at radius 3 is 2.62 bits per heavy atom. The minimum Gasteiger partial charge on any atom is -0.399 e. The zero-order valence-corrected chi connectivity index (χ0v) is 11.2. The summed E-state index contributed by atoms with van der Waals surface area (Å²) in [5, 5.41) is 0. The highest BCUT2D eigenvalue weighted by Gasteiger charge is 2.16. The number of anilines is 1. The maximum absolute atomic E-state index is 12.0. The molecule has 0 bridgehead atoms. The van der Waals surface area contributed by atoms with E-state index < -0.39 is 9.84 Å². The molecule has 1 aromatic carbocycles. The number of rotatable bonds is 5. The molecule has 90 valence electrons. The number of nitrogens with two attached hydrogens (primary N) is 1. The van der Waals surface area contributed by atoms with Gasteiger partial charge in [-0.1, -0.05) is 6.92 Å². The van der Waals surface area contributed by atoms with Crippen LogP contribution in [0.3, 0.4) is 0 Å². The van der Waals surface area contributed by atoms with E-state index in [1.54, 1.807) is 36.9 Å². The molecule has 1 aromatic rings. The lowest BCUT2D eigenvalue weighted by Gasteiger charge is -2.07. The lowest BCUT2D eigenvalue weighted by atomic mass is 10.2. The monoisotopic (exact) mass is 259 g/mol. The van der Waals surface area contributed by atoms with Crippen LogP contribution in [0.4, 0.5) is 5.69 Å². The number of hydrogen-bond acceptors (Lipinski definition) is 4. The Balaban J connectivity index is 2.90. The van der Waals surface area contributed by atoms with E-state index in [2.05, 4.69) is 0 Å². The Morgan fingerprint density at radius 1 is 1.38 bits per heavy atom. The Bertz CT molecular complexity index is 455. The Kier molecular flexibility index (Phi) is 4.68. The van der Waals surface area contributed by atoms with Gasteiger partial charge in [-0.3, -0.25) is 0 Å². The van der Waals surface area contributed by atoms with Crippen molar-refractivity contribution in [3.63, 3.8) is 0 Å². The van der Waals surface area contributed by atoms with Crippen LogP contribution in [0.25, 0.3) is 0 Å². The molecule has 0 atom stereocenters. The summed E-state index contributed by atoms with van der Waals surface area (Å²) in [6.45, 7) is 3.79. The number of benzene rings is 1. The van der Waals surface area contributed by atoms with Gasteiger partial charge in [0.1, 0.15) is 0 Å². The normalized spacial score (nSPS) is 11.6. The number of hydrogen-bond donors (Lipinski definition) is 1. The second-order valence-corrected chi connectivity index (χ2v) is 7.01. The lowest BCUT2D eigenvalue weighted by Crippen LogP contribution is -2.10. The van der Waals surface area contributed by atoms with Crippen LogP contribution in [0.1, 0.15) is 12.5 Å². The topological polar surface area (TPSA) is 60.2 Å². The van der Waals surface area contributed by atoms with Crippen LogP contribution in [0, 0.1) is 6.92 Å². The highest BCUT2D eigenvalue weighted by molar-refractivity contribution is 8.00. The van der Waals surface area contributed by atoms with Gasteiger partial charge in [-0.15, -0.1) is 0 Å². The summed E-state index contributed by atoms with van der Waals surface area (Å²) in [5.41, 5.74) is 6.91. The van der Waals surface area contributed by atoms with E-state index in [0.29, 0.717) is 16.3 Å². The molecule has 0 aliphatic rings. The van der Waals surface area contributed by atoms with Gasteiger partial charge in [-0.25, -0.2) is 8.42 Å². The molecular weight excluding hydrogens is 242 g/mol. The molecule has 2 N–H and O–H groups in total. The van der Waals surface area contributed by atoms with E-state index in [9.17, 15) is 8.42 Å². The van der Waals surface area contributed by atoms with Gasteiger partial charge in [-0.05, 0) is 36.4 Å². The third-order valence-corrected chi connectivity index (χ3v) is 5.26. The predicted octanol–water partition coefficient (Wildman–Crippen LogP) is 2.10. The van der Waals surface area contributed by atoms with Crippen molar-refractivity contribution in [3.8, 4) is 0 Å². The Morgan fingerprint density at radius 2 is 2.06 bits per heavy atom. The third-order valence-electron chi connectivity index (χ3n) is 2.23. The Hall–Kier alpha value is -0.680. The fourth-order valence-electron chi connectivity index (χ4n) is 1.44. The molecule has 16 heavy (non-hydrogen) atoms. The maximum Gasteiger partial charge on any atom is 0.179 e. The van der Waals surface area contributed by atoms with Gasteiger partial charge in [0.25, 0.3) is 0 Å². The molecule has 5 heteroatoms. The van der Waals surface area contributed by atoms with Gasteiger partial charge >= 0.3 is 0 Å². The summed E-state index contributed by atoms with van der Waals surface area (Å²) in [6.07, 6.45) is 0. The van der Waals surface area contributed by atoms with Gasteiger partial charge in [0.05, 0.1) is 10.6 Å². The molecule has 0 unspecified atom stereocenters. The summed E-state index contributed by atoms with van der Waals surface area (Å²) in [5.74, 6) is 1.77. The number of thioether (sulfide) groups is 1. The summed E-state index contributed by atoms with van der Waals surface area (Å²) >= 11 is 1.63. The van der Waals surface area contributed by atoms with E-state index in [0.717, 1.165) is 11.3 Å². The summed E-state index contributed by atoms with van der Waals surface area (Å²) in [6, 6.07) is 4.92. The highest BCUT2D eigenvalue weighted by Crippen LogP contribution is 2.19. The van der Waals surface area contributed by atoms with Crippen molar-refractivity contribution >= 4 is 27.3 Å². The zero-order valence-electron chi connectivity index (χ0n) is 9.56. The first-order valence-corrected chi connectivity index (χ1v) is 7.94.